The smallest absolute Gasteiger partial charge is 0.132 e. The van der Waals surface area contributed by atoms with Gasteiger partial charge in [-0.3, -0.25) is 0 Å². The van der Waals surface area contributed by atoms with Crippen molar-refractivity contribution in [2.45, 2.75) is 25.8 Å². The van der Waals surface area contributed by atoms with E-state index in [1.54, 1.807) is 6.08 Å². The number of benzene rings is 1. The van der Waals surface area contributed by atoms with Gasteiger partial charge in [0.25, 0.3) is 0 Å². The van der Waals surface area contributed by atoms with E-state index < -0.39 is 5.54 Å². The molecule has 0 amide bonds. The van der Waals surface area contributed by atoms with E-state index in [4.69, 9.17) is 15.7 Å². The van der Waals surface area contributed by atoms with Crippen LogP contribution in [0.1, 0.15) is 18.9 Å². The zero-order valence-corrected chi connectivity index (χ0v) is 10.9. The lowest BCUT2D eigenvalue weighted by Crippen LogP contribution is -2.48. The van der Waals surface area contributed by atoms with Crippen LogP contribution >= 0.6 is 0 Å². The van der Waals surface area contributed by atoms with Gasteiger partial charge in [-0.1, -0.05) is 35.9 Å². The molecular weight excluding hydrogens is 228 g/mol. The van der Waals surface area contributed by atoms with Crippen LogP contribution in [0.3, 0.4) is 0 Å². The number of ether oxygens (including phenoxy) is 1. The molecule has 3 N–H and O–H groups in total. The first-order valence-electron chi connectivity index (χ1n) is 5.89. The summed E-state index contributed by atoms with van der Waals surface area (Å²) in [5.41, 5.74) is 6.74. The van der Waals surface area contributed by atoms with Crippen molar-refractivity contribution >= 4 is 5.71 Å². The largest absolute Gasteiger partial charge is 0.487 e. The molecule has 1 rings (SSSR count). The average Bonchev–Trinajstić information content (AvgIpc) is 2.41. The van der Waals surface area contributed by atoms with E-state index in [1.807, 2.05) is 38.1 Å². The molecule has 18 heavy (non-hydrogen) atoms. The summed E-state index contributed by atoms with van der Waals surface area (Å²) in [5, 5.41) is 12.3. The molecule has 0 heterocycles. The van der Waals surface area contributed by atoms with Gasteiger partial charge in [-0.15, -0.1) is 6.58 Å². The Kier molecular flexibility index (Phi) is 4.92. The fourth-order valence-electron chi connectivity index (χ4n) is 1.51. The lowest BCUT2D eigenvalue weighted by atomic mass is 9.92. The van der Waals surface area contributed by atoms with Crippen LogP contribution in [0.5, 0.6) is 5.75 Å². The third kappa shape index (κ3) is 3.34. The highest BCUT2D eigenvalue weighted by atomic mass is 16.5. The van der Waals surface area contributed by atoms with Crippen molar-refractivity contribution < 1.29 is 9.94 Å². The summed E-state index contributed by atoms with van der Waals surface area (Å²) in [6.45, 7) is 7.71. The van der Waals surface area contributed by atoms with Crippen LogP contribution < -0.4 is 10.5 Å². The minimum absolute atomic E-state index is 0.135. The molecule has 0 bridgehead atoms. The normalized spacial score (nSPS) is 14.9. The Hall–Kier alpha value is -1.81. The van der Waals surface area contributed by atoms with Crippen molar-refractivity contribution in [3.8, 4) is 5.75 Å². The molecule has 0 aromatic heterocycles. The standard InChI is InChI=1S/C14H20N2O2/c1-4-14(15,5-2)13(16-17)10-18-12-8-6-11(3)7-9-12/h4,6-9,17H,1,5,10,15H2,2-3H3. The van der Waals surface area contributed by atoms with Crippen molar-refractivity contribution in [1.29, 1.82) is 0 Å². The van der Waals surface area contributed by atoms with E-state index >= 15 is 0 Å². The molecule has 1 aromatic carbocycles. The van der Waals surface area contributed by atoms with Gasteiger partial charge >= 0.3 is 0 Å². The monoisotopic (exact) mass is 248 g/mol. The Morgan fingerprint density at radius 2 is 2.11 bits per heavy atom. The van der Waals surface area contributed by atoms with Crippen molar-refractivity contribution in [1.82, 2.24) is 0 Å². The van der Waals surface area contributed by atoms with Crippen LogP contribution in [0, 0.1) is 6.92 Å². The molecular formula is C14H20N2O2. The van der Waals surface area contributed by atoms with E-state index in [0.29, 0.717) is 17.9 Å². The summed E-state index contributed by atoms with van der Waals surface area (Å²) in [7, 11) is 0. The van der Waals surface area contributed by atoms with Gasteiger partial charge in [-0.2, -0.15) is 0 Å². The van der Waals surface area contributed by atoms with Gasteiger partial charge in [0, 0.05) is 0 Å². The molecule has 0 fully saturated rings. The molecule has 0 aliphatic carbocycles. The first-order chi connectivity index (χ1) is 8.55. The van der Waals surface area contributed by atoms with E-state index in [1.165, 1.54) is 0 Å². The van der Waals surface area contributed by atoms with E-state index in [-0.39, 0.29) is 6.61 Å². The molecule has 0 aliphatic heterocycles. The summed E-state index contributed by atoms with van der Waals surface area (Å²) in [5.74, 6) is 0.712. The van der Waals surface area contributed by atoms with Crippen molar-refractivity contribution in [3.63, 3.8) is 0 Å². The van der Waals surface area contributed by atoms with E-state index in [9.17, 15) is 0 Å². The lowest BCUT2D eigenvalue weighted by molar-refractivity contribution is 0.299. The Morgan fingerprint density at radius 1 is 1.50 bits per heavy atom. The molecule has 1 atom stereocenters. The number of hydrogen-bond donors (Lipinski definition) is 2. The third-order valence-electron chi connectivity index (χ3n) is 3.00. The SMILES string of the molecule is C=CC(N)(CC)C(COc1ccc(C)cc1)=NO. The number of nitrogens with two attached hydrogens (primary N) is 1. The molecule has 1 unspecified atom stereocenters. The van der Waals surface area contributed by atoms with Gasteiger partial charge in [0.05, 0.1) is 5.54 Å². The zero-order chi connectivity index (χ0) is 13.6. The van der Waals surface area contributed by atoms with E-state index in [2.05, 4.69) is 11.7 Å². The second kappa shape index (κ2) is 6.21. The maximum atomic E-state index is 9.03. The summed E-state index contributed by atoms with van der Waals surface area (Å²) in [6.07, 6.45) is 2.16. The molecule has 4 heteroatoms. The fraction of sp³-hybridized carbons (Fsp3) is 0.357. The van der Waals surface area contributed by atoms with Crippen LogP contribution in [0.2, 0.25) is 0 Å². The number of aryl methyl sites for hydroxylation is 1. The average molecular weight is 248 g/mol. The molecule has 0 spiro atoms. The minimum atomic E-state index is -0.834. The summed E-state index contributed by atoms with van der Waals surface area (Å²) >= 11 is 0. The predicted octanol–water partition coefficient (Wildman–Crippen LogP) is 2.50. The molecule has 98 valence electrons. The second-order valence-corrected chi connectivity index (χ2v) is 4.25. The number of oxime groups is 1. The van der Waals surface area contributed by atoms with Gasteiger partial charge in [0.2, 0.25) is 0 Å². The maximum absolute atomic E-state index is 9.03. The molecule has 4 nitrogen and oxygen atoms in total. The first-order valence-corrected chi connectivity index (χ1v) is 5.89. The van der Waals surface area contributed by atoms with Gasteiger partial charge in [0.1, 0.15) is 18.1 Å². The fourth-order valence-corrected chi connectivity index (χ4v) is 1.51. The van der Waals surface area contributed by atoms with Crippen LogP contribution in [-0.2, 0) is 0 Å². The highest BCUT2D eigenvalue weighted by Gasteiger charge is 2.27. The van der Waals surface area contributed by atoms with Gasteiger partial charge in [-0.25, -0.2) is 0 Å². The third-order valence-corrected chi connectivity index (χ3v) is 3.00. The molecule has 1 aromatic rings. The molecule has 0 saturated carbocycles. The molecule has 0 radical (unpaired) electrons. The van der Waals surface area contributed by atoms with Crippen LogP contribution in [0.15, 0.2) is 42.1 Å². The van der Waals surface area contributed by atoms with Gasteiger partial charge in [0.15, 0.2) is 0 Å². The second-order valence-electron chi connectivity index (χ2n) is 4.25. The minimum Gasteiger partial charge on any atom is -0.487 e. The first kappa shape index (κ1) is 14.3. The van der Waals surface area contributed by atoms with Crippen molar-refractivity contribution in [3.05, 3.63) is 42.5 Å². The number of nitrogens with zero attached hydrogens (tertiary/aromatic N) is 1. The lowest BCUT2D eigenvalue weighted by Gasteiger charge is -2.24. The Labute approximate surface area is 108 Å². The van der Waals surface area contributed by atoms with Crippen molar-refractivity contribution in [2.24, 2.45) is 10.9 Å². The van der Waals surface area contributed by atoms with Crippen LogP contribution in [0.25, 0.3) is 0 Å². The summed E-state index contributed by atoms with van der Waals surface area (Å²) in [6, 6.07) is 7.63. The number of hydrogen-bond acceptors (Lipinski definition) is 4. The molecule has 0 aliphatic rings. The zero-order valence-electron chi connectivity index (χ0n) is 10.9. The van der Waals surface area contributed by atoms with Crippen LogP contribution in [0.4, 0.5) is 0 Å². The Morgan fingerprint density at radius 3 is 2.56 bits per heavy atom. The van der Waals surface area contributed by atoms with Crippen LogP contribution in [-0.4, -0.2) is 23.1 Å². The quantitative estimate of drug-likeness (QED) is 0.352. The molecule has 0 saturated heterocycles. The maximum Gasteiger partial charge on any atom is 0.132 e. The highest BCUT2D eigenvalue weighted by Crippen LogP contribution is 2.15. The van der Waals surface area contributed by atoms with Gasteiger partial charge in [-0.05, 0) is 25.5 Å². The topological polar surface area (TPSA) is 67.8 Å². The summed E-state index contributed by atoms with van der Waals surface area (Å²) in [4.78, 5) is 0. The van der Waals surface area contributed by atoms with E-state index in [0.717, 1.165) is 5.56 Å². The number of rotatable bonds is 6. The highest BCUT2D eigenvalue weighted by molar-refractivity contribution is 5.96. The van der Waals surface area contributed by atoms with Crippen molar-refractivity contribution in [2.75, 3.05) is 6.61 Å². The Balaban J connectivity index is 2.71. The Bertz CT molecular complexity index is 426. The predicted molar refractivity (Wildman–Crippen MR) is 73.3 cm³/mol. The van der Waals surface area contributed by atoms with Gasteiger partial charge < -0.3 is 15.7 Å². The summed E-state index contributed by atoms with van der Waals surface area (Å²) < 4.78 is 5.55.